The molecular weight excluding hydrogens is 260 g/mol. The van der Waals surface area contributed by atoms with Gasteiger partial charge in [0.1, 0.15) is 0 Å². The maximum atomic E-state index is 7.75. The largest absolute Gasteiger partial charge is 5.00 e. The SMILES string of the molecule is C1=C\C=C/C=C\C=C/1.[CH-]=O.[CH-]=O.[CH-]=O.[CH3-].[CH3-].[Fe+5]. The summed E-state index contributed by atoms with van der Waals surface area (Å²) in [5.41, 5.74) is 0. The van der Waals surface area contributed by atoms with Gasteiger partial charge in [0.15, 0.2) is 0 Å². The monoisotopic (exact) mass is 277 g/mol. The van der Waals surface area contributed by atoms with Crippen molar-refractivity contribution in [2.75, 3.05) is 0 Å². The van der Waals surface area contributed by atoms with Crippen LogP contribution in [-0.4, -0.2) is 20.4 Å². The molecule has 0 fully saturated rings. The van der Waals surface area contributed by atoms with Crippen molar-refractivity contribution in [3.8, 4) is 0 Å². The van der Waals surface area contributed by atoms with E-state index in [0.717, 1.165) is 0 Å². The van der Waals surface area contributed by atoms with Crippen molar-refractivity contribution in [2.45, 2.75) is 0 Å². The van der Waals surface area contributed by atoms with Crippen molar-refractivity contribution in [2.24, 2.45) is 0 Å². The molecule has 0 heterocycles. The maximum Gasteiger partial charge on any atom is 5.00 e. The first-order valence-electron chi connectivity index (χ1n) is 3.37. The first-order valence-corrected chi connectivity index (χ1v) is 3.37. The predicted octanol–water partition coefficient (Wildman–Crippen LogP) is 2.30. The second kappa shape index (κ2) is 62.6. The summed E-state index contributed by atoms with van der Waals surface area (Å²) in [4.78, 5) is 23.2. The van der Waals surface area contributed by atoms with Gasteiger partial charge in [-0.1, -0.05) is 48.6 Å². The smallest absolute Gasteiger partial charge is 0.545 e. The summed E-state index contributed by atoms with van der Waals surface area (Å²) in [5.74, 6) is 0. The van der Waals surface area contributed by atoms with E-state index in [1.807, 2.05) is 48.6 Å². The molecule has 0 saturated heterocycles. The molecule has 0 aliphatic heterocycles. The fraction of sp³-hybridized carbons (Fsp3) is 0. The maximum absolute atomic E-state index is 7.75. The first kappa shape index (κ1) is 36.1. The molecule has 0 unspecified atom stereocenters. The van der Waals surface area contributed by atoms with E-state index >= 15 is 0 Å². The number of carbonyl (C=O) groups excluding carboxylic acids is 3. The fourth-order valence-electron chi connectivity index (χ4n) is 0.513. The van der Waals surface area contributed by atoms with Crippen molar-refractivity contribution in [1.82, 2.24) is 0 Å². The van der Waals surface area contributed by atoms with E-state index in [-0.39, 0.29) is 31.9 Å². The van der Waals surface area contributed by atoms with Crippen LogP contribution >= 0.6 is 0 Å². The molecule has 0 aromatic heterocycles. The number of rotatable bonds is 0. The summed E-state index contributed by atoms with van der Waals surface area (Å²) in [6.07, 6.45) is 16.0. The molecule has 0 atom stereocenters. The zero-order chi connectivity index (χ0) is 11.7. The number of allylic oxidation sites excluding steroid dienone is 8. The first-order chi connectivity index (χ1) is 7.00. The van der Waals surface area contributed by atoms with Crippen molar-refractivity contribution < 1.29 is 31.5 Å². The Hall–Kier alpha value is -1.51. The third-order valence-corrected chi connectivity index (χ3v) is 0.889. The van der Waals surface area contributed by atoms with Crippen LogP contribution < -0.4 is 0 Å². The Morgan fingerprint density at radius 3 is 0.529 bits per heavy atom. The Balaban J connectivity index is -0.0000000299. The Kier molecular flexibility index (Phi) is 133. The third kappa shape index (κ3) is 53.7. The van der Waals surface area contributed by atoms with Crippen LogP contribution in [0.5, 0.6) is 0 Å². The van der Waals surface area contributed by atoms with E-state index in [4.69, 9.17) is 14.4 Å². The molecule has 0 saturated carbocycles. The Labute approximate surface area is 115 Å². The van der Waals surface area contributed by atoms with Crippen molar-refractivity contribution in [1.29, 1.82) is 0 Å². The van der Waals surface area contributed by atoms with Gasteiger partial charge in [-0.25, -0.2) is 0 Å². The summed E-state index contributed by atoms with van der Waals surface area (Å²) < 4.78 is 0. The summed E-state index contributed by atoms with van der Waals surface area (Å²) in [6.45, 7) is 9.75. The van der Waals surface area contributed by atoms with E-state index in [1.165, 1.54) is 0 Å². The van der Waals surface area contributed by atoms with Gasteiger partial charge in [-0.15, -0.1) is 0 Å². The van der Waals surface area contributed by atoms with Crippen LogP contribution in [0, 0.1) is 14.9 Å². The summed E-state index contributed by atoms with van der Waals surface area (Å²) in [7, 11) is 0. The van der Waals surface area contributed by atoms with Crippen LogP contribution in [0.4, 0.5) is 0 Å². The molecule has 17 heavy (non-hydrogen) atoms. The molecule has 1 aliphatic carbocycles. The molecule has 95 valence electrons. The molecule has 0 aromatic carbocycles. The minimum Gasteiger partial charge on any atom is -0.545 e. The second-order valence-corrected chi connectivity index (χ2v) is 1.54. The molecule has 0 spiro atoms. The van der Waals surface area contributed by atoms with E-state index in [9.17, 15) is 0 Å². The van der Waals surface area contributed by atoms with Crippen LogP contribution in [0.3, 0.4) is 0 Å². The molecule has 3 nitrogen and oxygen atoms in total. The van der Waals surface area contributed by atoms with Crippen LogP contribution in [0.15, 0.2) is 48.6 Å². The Bertz CT molecular complexity index is 148. The topological polar surface area (TPSA) is 51.2 Å². The molecule has 1 rings (SSSR count). The van der Waals surface area contributed by atoms with Crippen LogP contribution in [0.1, 0.15) is 0 Å². The van der Waals surface area contributed by atoms with Gasteiger partial charge in [-0.05, 0) is 0 Å². The van der Waals surface area contributed by atoms with Crippen molar-refractivity contribution in [3.63, 3.8) is 0 Å². The van der Waals surface area contributed by atoms with Crippen molar-refractivity contribution >= 4 is 20.4 Å². The fourth-order valence-corrected chi connectivity index (χ4v) is 0.513. The summed E-state index contributed by atoms with van der Waals surface area (Å²) in [5, 5.41) is 0. The quantitative estimate of drug-likeness (QED) is 0.388. The molecule has 0 amide bonds. The van der Waals surface area contributed by atoms with Gasteiger partial charge in [0.05, 0.1) is 0 Å². The zero-order valence-electron chi connectivity index (χ0n) is 9.93. The normalized spacial score (nSPS) is 15.8. The predicted molar refractivity (Wildman–Crippen MR) is 69.6 cm³/mol. The van der Waals surface area contributed by atoms with Gasteiger partial charge in [0.2, 0.25) is 0 Å². The molecule has 1 radical (unpaired) electrons. The van der Waals surface area contributed by atoms with E-state index in [1.54, 1.807) is 0 Å². The summed E-state index contributed by atoms with van der Waals surface area (Å²) in [6, 6.07) is 0. The van der Waals surface area contributed by atoms with Gasteiger partial charge in [-0.2, -0.15) is 0 Å². The van der Waals surface area contributed by atoms with Crippen LogP contribution in [-0.2, 0) is 31.5 Å². The average molecular weight is 277 g/mol. The molecule has 0 aromatic rings. The molecule has 1 aliphatic rings. The third-order valence-electron chi connectivity index (χ3n) is 0.889. The standard InChI is InChI=1S/C8H8.3CHO.2CH3.Fe/c1-2-4-6-8-7-5-3-1;3*1-2;;;/h1-8H;3*1H;2*1H3;/q;5*-1;+5/b2-1-,3-1?,4-2?,5-3-,6-4-,7-5?,8-6?,8-7-;;;;;;. The minimum atomic E-state index is 0. The molecular formula is C13H17FeO3. The minimum absolute atomic E-state index is 0. The van der Waals surface area contributed by atoms with Crippen LogP contribution in [0.2, 0.25) is 0 Å². The van der Waals surface area contributed by atoms with E-state index in [0.29, 0.717) is 0 Å². The van der Waals surface area contributed by atoms with E-state index in [2.05, 4.69) is 20.4 Å². The molecule has 0 N–H and O–H groups in total. The van der Waals surface area contributed by atoms with Gasteiger partial charge in [0.25, 0.3) is 0 Å². The average Bonchev–Trinajstić information content (AvgIpc) is 2.26. The Morgan fingerprint density at radius 2 is 0.471 bits per heavy atom. The number of hydrogen-bond donors (Lipinski definition) is 0. The second-order valence-electron chi connectivity index (χ2n) is 1.54. The van der Waals surface area contributed by atoms with Gasteiger partial charge >= 0.3 is 17.1 Å². The van der Waals surface area contributed by atoms with Crippen molar-refractivity contribution in [3.05, 3.63) is 63.5 Å². The van der Waals surface area contributed by atoms with Gasteiger partial charge in [0, 0.05) is 0 Å². The molecule has 4 heteroatoms. The van der Waals surface area contributed by atoms with Gasteiger partial charge in [-0.3, -0.25) is 20.4 Å². The molecule has 0 bridgehead atoms. The van der Waals surface area contributed by atoms with Crippen LogP contribution in [0.25, 0.3) is 0 Å². The Morgan fingerprint density at radius 1 is 0.412 bits per heavy atom. The van der Waals surface area contributed by atoms with E-state index < -0.39 is 0 Å². The summed E-state index contributed by atoms with van der Waals surface area (Å²) >= 11 is 0. The number of hydrogen-bond acceptors (Lipinski definition) is 3. The zero-order valence-corrected chi connectivity index (χ0v) is 11.0. The van der Waals surface area contributed by atoms with Gasteiger partial charge < -0.3 is 29.2 Å².